The predicted octanol–water partition coefficient (Wildman–Crippen LogP) is 3.62. The number of nitrogens with one attached hydrogen (secondary N) is 2. The van der Waals surface area contributed by atoms with Crippen molar-refractivity contribution in [1.29, 1.82) is 0 Å². The molecule has 1 aromatic carbocycles. The summed E-state index contributed by atoms with van der Waals surface area (Å²) in [6, 6.07) is 9.55. The van der Waals surface area contributed by atoms with Crippen LogP contribution in [0.5, 0.6) is 0 Å². The standard InChI is InChI=1S/C21H19F3N4O2/c1-13-9-17(11-26-27-20(30)16-5-8-19(29)25-10-16)14(2)28(13)12-15-3-6-18(7-4-15)21(22,23)24/h3-11H,12H2,1-2H3,(H,25,29)(H,27,30). The molecule has 6 nitrogen and oxygen atoms in total. The van der Waals surface area contributed by atoms with E-state index in [2.05, 4.69) is 15.5 Å². The normalized spacial score (nSPS) is 11.8. The molecule has 0 aliphatic carbocycles. The molecule has 0 atom stereocenters. The van der Waals surface area contributed by atoms with Gasteiger partial charge in [-0.25, -0.2) is 5.43 Å². The molecule has 0 radical (unpaired) electrons. The smallest absolute Gasteiger partial charge is 0.344 e. The first-order valence-electron chi connectivity index (χ1n) is 9.00. The van der Waals surface area contributed by atoms with Gasteiger partial charge in [0.2, 0.25) is 5.56 Å². The second-order valence-corrected chi connectivity index (χ2v) is 6.75. The van der Waals surface area contributed by atoms with Crippen molar-refractivity contribution in [3.05, 3.63) is 92.7 Å². The largest absolute Gasteiger partial charge is 0.416 e. The number of hydrazone groups is 1. The Balaban J connectivity index is 1.70. The van der Waals surface area contributed by atoms with Crippen LogP contribution in [0.3, 0.4) is 0 Å². The maximum atomic E-state index is 12.7. The molecule has 9 heteroatoms. The van der Waals surface area contributed by atoms with Crippen LogP contribution >= 0.6 is 0 Å². The van der Waals surface area contributed by atoms with Crippen LogP contribution in [0.25, 0.3) is 0 Å². The van der Waals surface area contributed by atoms with Crippen LogP contribution in [0, 0.1) is 13.8 Å². The fraction of sp³-hybridized carbons (Fsp3) is 0.190. The van der Waals surface area contributed by atoms with Crippen molar-refractivity contribution in [3.8, 4) is 0 Å². The van der Waals surface area contributed by atoms with E-state index in [-0.39, 0.29) is 11.1 Å². The minimum Gasteiger partial charge on any atom is -0.344 e. The van der Waals surface area contributed by atoms with Gasteiger partial charge < -0.3 is 9.55 Å². The lowest BCUT2D eigenvalue weighted by atomic mass is 10.1. The highest BCUT2D eigenvalue weighted by molar-refractivity contribution is 5.94. The molecule has 30 heavy (non-hydrogen) atoms. The van der Waals surface area contributed by atoms with Gasteiger partial charge in [0.25, 0.3) is 5.91 Å². The van der Waals surface area contributed by atoms with E-state index in [4.69, 9.17) is 0 Å². The number of rotatable bonds is 5. The molecule has 0 saturated heterocycles. The van der Waals surface area contributed by atoms with Gasteiger partial charge in [-0.15, -0.1) is 0 Å². The number of carbonyl (C=O) groups is 1. The van der Waals surface area contributed by atoms with Gasteiger partial charge >= 0.3 is 6.18 Å². The van der Waals surface area contributed by atoms with Crippen LogP contribution in [-0.2, 0) is 12.7 Å². The van der Waals surface area contributed by atoms with Crippen LogP contribution in [-0.4, -0.2) is 21.7 Å². The van der Waals surface area contributed by atoms with Crippen molar-refractivity contribution < 1.29 is 18.0 Å². The number of alkyl halides is 3. The van der Waals surface area contributed by atoms with Gasteiger partial charge in [0.05, 0.1) is 17.3 Å². The van der Waals surface area contributed by atoms with E-state index < -0.39 is 17.6 Å². The van der Waals surface area contributed by atoms with Gasteiger partial charge in [-0.2, -0.15) is 18.3 Å². The number of benzene rings is 1. The van der Waals surface area contributed by atoms with Crippen LogP contribution in [0.1, 0.15) is 38.4 Å². The van der Waals surface area contributed by atoms with Crippen molar-refractivity contribution in [3.63, 3.8) is 0 Å². The number of nitrogens with zero attached hydrogens (tertiary/aromatic N) is 2. The minimum absolute atomic E-state index is 0.263. The van der Waals surface area contributed by atoms with Crippen LogP contribution in [0.2, 0.25) is 0 Å². The lowest BCUT2D eigenvalue weighted by Gasteiger charge is -2.11. The number of aromatic nitrogens is 2. The predicted molar refractivity (Wildman–Crippen MR) is 107 cm³/mol. The molecular weight excluding hydrogens is 397 g/mol. The maximum Gasteiger partial charge on any atom is 0.416 e. The lowest BCUT2D eigenvalue weighted by Crippen LogP contribution is -2.19. The first kappa shape index (κ1) is 21.1. The molecule has 3 rings (SSSR count). The number of aryl methyl sites for hydroxylation is 1. The number of amides is 1. The van der Waals surface area contributed by atoms with Gasteiger partial charge in [-0.3, -0.25) is 9.59 Å². The van der Waals surface area contributed by atoms with E-state index in [0.717, 1.165) is 34.6 Å². The third-order valence-electron chi connectivity index (χ3n) is 4.65. The summed E-state index contributed by atoms with van der Waals surface area (Å²) in [5.74, 6) is -0.471. The minimum atomic E-state index is -4.36. The van der Waals surface area contributed by atoms with Crippen LogP contribution in [0.15, 0.2) is 58.6 Å². The summed E-state index contributed by atoms with van der Waals surface area (Å²) in [5.41, 5.74) is 4.92. The highest BCUT2D eigenvalue weighted by atomic mass is 19.4. The molecule has 0 bridgehead atoms. The second kappa shape index (κ2) is 8.40. The average molecular weight is 416 g/mol. The van der Waals surface area contributed by atoms with E-state index in [9.17, 15) is 22.8 Å². The number of pyridine rings is 1. The molecule has 0 aliphatic rings. The molecule has 156 valence electrons. The van der Waals surface area contributed by atoms with Gasteiger partial charge in [0.1, 0.15) is 0 Å². The molecule has 3 aromatic rings. The highest BCUT2D eigenvalue weighted by Gasteiger charge is 2.29. The van der Waals surface area contributed by atoms with Gasteiger partial charge in [-0.1, -0.05) is 12.1 Å². The molecule has 0 spiro atoms. The summed E-state index contributed by atoms with van der Waals surface area (Å²) in [6.07, 6.45) is -1.57. The Kier molecular flexibility index (Phi) is 5.91. The summed E-state index contributed by atoms with van der Waals surface area (Å²) in [5, 5.41) is 3.95. The maximum absolute atomic E-state index is 12.7. The summed E-state index contributed by atoms with van der Waals surface area (Å²) >= 11 is 0. The third kappa shape index (κ3) is 4.86. The van der Waals surface area contributed by atoms with Gasteiger partial charge in [-0.05, 0) is 43.7 Å². The zero-order valence-electron chi connectivity index (χ0n) is 16.2. The molecule has 2 N–H and O–H groups in total. The monoisotopic (exact) mass is 416 g/mol. The molecule has 0 unspecified atom stereocenters. The Morgan fingerprint density at radius 3 is 2.47 bits per heavy atom. The zero-order chi connectivity index (χ0) is 21.9. The Morgan fingerprint density at radius 2 is 1.87 bits per heavy atom. The van der Waals surface area contributed by atoms with E-state index in [1.165, 1.54) is 36.7 Å². The molecule has 2 aromatic heterocycles. The van der Waals surface area contributed by atoms with Gasteiger partial charge in [0, 0.05) is 35.8 Å². The number of halogens is 3. The second-order valence-electron chi connectivity index (χ2n) is 6.75. The van der Waals surface area contributed by atoms with Gasteiger partial charge in [0.15, 0.2) is 0 Å². The van der Waals surface area contributed by atoms with Crippen molar-refractivity contribution in [2.75, 3.05) is 0 Å². The SMILES string of the molecule is Cc1cc(C=NNC(=O)c2ccc(=O)[nH]c2)c(C)n1Cc1ccc(C(F)(F)F)cc1. The quantitative estimate of drug-likeness (QED) is 0.492. The summed E-state index contributed by atoms with van der Waals surface area (Å²) in [4.78, 5) is 25.5. The molecule has 2 heterocycles. The fourth-order valence-electron chi connectivity index (χ4n) is 2.96. The van der Waals surface area contributed by atoms with E-state index >= 15 is 0 Å². The number of aromatic amines is 1. The van der Waals surface area contributed by atoms with E-state index in [0.29, 0.717) is 6.54 Å². The van der Waals surface area contributed by atoms with Crippen molar-refractivity contribution >= 4 is 12.1 Å². The summed E-state index contributed by atoms with van der Waals surface area (Å²) in [7, 11) is 0. The third-order valence-corrected chi connectivity index (χ3v) is 4.65. The van der Waals surface area contributed by atoms with E-state index in [1.807, 2.05) is 24.5 Å². The molecule has 0 fully saturated rings. The Bertz CT molecular complexity index is 1120. The molecule has 1 amide bonds. The molecular formula is C21H19F3N4O2. The highest BCUT2D eigenvalue weighted by Crippen LogP contribution is 2.29. The first-order valence-corrected chi connectivity index (χ1v) is 9.00. The zero-order valence-corrected chi connectivity index (χ0v) is 16.2. The lowest BCUT2D eigenvalue weighted by molar-refractivity contribution is -0.137. The average Bonchev–Trinajstić information content (AvgIpc) is 2.96. The number of hydrogen-bond acceptors (Lipinski definition) is 3. The summed E-state index contributed by atoms with van der Waals surface area (Å²) in [6.45, 7) is 4.16. The number of H-pyrrole nitrogens is 1. The Labute approximate surface area is 170 Å². The topological polar surface area (TPSA) is 79.2 Å². The van der Waals surface area contributed by atoms with Crippen LogP contribution < -0.4 is 11.0 Å². The van der Waals surface area contributed by atoms with Crippen molar-refractivity contribution in [2.24, 2.45) is 5.10 Å². The molecule has 0 aliphatic heterocycles. The number of hydrogen-bond donors (Lipinski definition) is 2. The summed E-state index contributed by atoms with van der Waals surface area (Å²) < 4.78 is 40.1. The number of carbonyl (C=O) groups excluding carboxylic acids is 1. The molecule has 0 saturated carbocycles. The van der Waals surface area contributed by atoms with Crippen LogP contribution in [0.4, 0.5) is 13.2 Å². The van der Waals surface area contributed by atoms with Crippen molar-refractivity contribution in [2.45, 2.75) is 26.6 Å². The Morgan fingerprint density at radius 1 is 1.17 bits per heavy atom. The van der Waals surface area contributed by atoms with Crippen molar-refractivity contribution in [1.82, 2.24) is 15.0 Å². The first-order chi connectivity index (χ1) is 14.1. The Hall–Kier alpha value is -3.62. The fourth-order valence-corrected chi connectivity index (χ4v) is 2.96. The van der Waals surface area contributed by atoms with E-state index in [1.54, 1.807) is 0 Å².